The van der Waals surface area contributed by atoms with Crippen molar-refractivity contribution in [1.82, 2.24) is 4.72 Å². The lowest BCUT2D eigenvalue weighted by Gasteiger charge is -2.08. The number of nitrogens with one attached hydrogen (secondary N) is 2. The van der Waals surface area contributed by atoms with Gasteiger partial charge in [-0.15, -0.1) is 0 Å². The highest BCUT2D eigenvalue weighted by atomic mass is 32.2. The Balaban J connectivity index is 2.85. The number of hydrogen-bond donors (Lipinski definition) is 3. The third-order valence-electron chi connectivity index (χ3n) is 2.14. The van der Waals surface area contributed by atoms with E-state index in [2.05, 4.69) is 10.0 Å². The molecule has 1 rings (SSSR count). The van der Waals surface area contributed by atoms with Crippen molar-refractivity contribution in [1.29, 1.82) is 0 Å². The lowest BCUT2D eigenvalue weighted by Crippen LogP contribution is -2.29. The number of thioether (sulfide) groups is 1. The molecule has 0 aliphatic carbocycles. The molecule has 0 radical (unpaired) electrons. The van der Waals surface area contributed by atoms with Gasteiger partial charge in [-0.25, -0.2) is 13.1 Å². The molecular weight excluding hydrogens is 286 g/mol. The fraction of sp³-hybridized carbons (Fsp3) is 0.364. The molecule has 0 aliphatic heterocycles. The molecule has 0 atom stereocenters. The first-order chi connectivity index (χ1) is 8.99. The summed E-state index contributed by atoms with van der Waals surface area (Å²) >= 11 is 1.39. The Labute approximate surface area is 117 Å². The largest absolute Gasteiger partial charge is 0.329 e. The molecule has 106 valence electrons. The summed E-state index contributed by atoms with van der Waals surface area (Å²) in [4.78, 5) is 11.5. The van der Waals surface area contributed by atoms with Crippen molar-refractivity contribution >= 4 is 33.4 Å². The van der Waals surface area contributed by atoms with Crippen molar-refractivity contribution < 1.29 is 13.2 Å². The number of nitrogens with two attached hydrogens (primary N) is 1. The third kappa shape index (κ3) is 5.19. The number of hydrogen-bond acceptors (Lipinski definition) is 5. The summed E-state index contributed by atoms with van der Waals surface area (Å²) in [7, 11) is -3.58. The first-order valence-electron chi connectivity index (χ1n) is 5.58. The van der Waals surface area contributed by atoms with Crippen LogP contribution in [0.2, 0.25) is 0 Å². The molecule has 0 spiro atoms. The van der Waals surface area contributed by atoms with Gasteiger partial charge in [-0.2, -0.15) is 11.8 Å². The highest BCUT2D eigenvalue weighted by Gasteiger charge is 2.13. The van der Waals surface area contributed by atoms with E-state index in [1.807, 2.05) is 6.26 Å². The van der Waals surface area contributed by atoms with Gasteiger partial charge in [0.2, 0.25) is 15.9 Å². The molecule has 8 heteroatoms. The van der Waals surface area contributed by atoms with Crippen molar-refractivity contribution in [2.75, 3.05) is 30.4 Å². The van der Waals surface area contributed by atoms with Gasteiger partial charge >= 0.3 is 0 Å². The molecule has 1 aromatic rings. The van der Waals surface area contributed by atoms with Crippen molar-refractivity contribution in [2.45, 2.75) is 4.90 Å². The zero-order chi connectivity index (χ0) is 14.3. The minimum atomic E-state index is -3.58. The Morgan fingerprint density at radius 2 is 2.16 bits per heavy atom. The average molecular weight is 303 g/mol. The van der Waals surface area contributed by atoms with Gasteiger partial charge in [0, 0.05) is 18.8 Å². The highest BCUT2D eigenvalue weighted by Crippen LogP contribution is 2.15. The molecular formula is C11H17N3O3S2. The van der Waals surface area contributed by atoms with Crippen molar-refractivity contribution in [2.24, 2.45) is 5.73 Å². The third-order valence-corrected chi connectivity index (χ3v) is 4.15. The van der Waals surface area contributed by atoms with E-state index in [9.17, 15) is 13.2 Å². The van der Waals surface area contributed by atoms with Crippen LogP contribution in [0.1, 0.15) is 0 Å². The molecule has 0 fully saturated rings. The highest BCUT2D eigenvalue weighted by molar-refractivity contribution is 7.99. The second kappa shape index (κ2) is 7.49. The lowest BCUT2D eigenvalue weighted by atomic mass is 10.3. The maximum Gasteiger partial charge on any atom is 0.240 e. The first-order valence-corrected chi connectivity index (χ1v) is 8.46. The molecule has 0 aliphatic rings. The van der Waals surface area contributed by atoms with Crippen LogP contribution in [0.5, 0.6) is 0 Å². The molecule has 6 nitrogen and oxygen atoms in total. The van der Waals surface area contributed by atoms with E-state index < -0.39 is 10.0 Å². The fourth-order valence-electron chi connectivity index (χ4n) is 1.35. The SMILES string of the molecule is CSCC(=O)Nc1cccc(S(=O)(=O)NCCN)c1. The summed E-state index contributed by atoms with van der Waals surface area (Å²) < 4.78 is 26.1. The van der Waals surface area contributed by atoms with E-state index in [0.29, 0.717) is 11.4 Å². The van der Waals surface area contributed by atoms with Gasteiger partial charge < -0.3 is 11.1 Å². The Bertz CT molecular complexity index is 532. The second-order valence-electron chi connectivity index (χ2n) is 3.70. The number of anilines is 1. The van der Waals surface area contributed by atoms with Gasteiger partial charge in [0.05, 0.1) is 10.6 Å². The molecule has 0 bridgehead atoms. The van der Waals surface area contributed by atoms with Crippen LogP contribution in [-0.2, 0) is 14.8 Å². The fourth-order valence-corrected chi connectivity index (χ4v) is 2.77. The van der Waals surface area contributed by atoms with Crippen LogP contribution in [0.25, 0.3) is 0 Å². The lowest BCUT2D eigenvalue weighted by molar-refractivity contribution is -0.113. The summed E-state index contributed by atoms with van der Waals surface area (Å²) in [5.41, 5.74) is 5.71. The van der Waals surface area contributed by atoms with E-state index >= 15 is 0 Å². The van der Waals surface area contributed by atoms with Gasteiger partial charge in [0.15, 0.2) is 0 Å². The summed E-state index contributed by atoms with van der Waals surface area (Å²) in [5, 5.41) is 2.63. The number of carbonyl (C=O) groups is 1. The van der Waals surface area contributed by atoms with Crippen molar-refractivity contribution in [3.05, 3.63) is 24.3 Å². The van der Waals surface area contributed by atoms with Crippen molar-refractivity contribution in [3.63, 3.8) is 0 Å². The van der Waals surface area contributed by atoms with E-state index in [-0.39, 0.29) is 23.9 Å². The van der Waals surface area contributed by atoms with Gasteiger partial charge in [-0.05, 0) is 24.5 Å². The predicted octanol–water partition coefficient (Wildman–Crippen LogP) is 0.225. The van der Waals surface area contributed by atoms with Gasteiger partial charge in [0.1, 0.15) is 0 Å². The van der Waals surface area contributed by atoms with Gasteiger partial charge in [0.25, 0.3) is 0 Å². The van der Waals surface area contributed by atoms with Crippen LogP contribution < -0.4 is 15.8 Å². The van der Waals surface area contributed by atoms with Crippen LogP contribution in [0, 0.1) is 0 Å². The van der Waals surface area contributed by atoms with Crippen LogP contribution in [-0.4, -0.2) is 39.4 Å². The Morgan fingerprint density at radius 3 is 2.79 bits per heavy atom. The molecule has 4 N–H and O–H groups in total. The maximum atomic E-state index is 11.9. The normalized spacial score (nSPS) is 11.3. The Morgan fingerprint density at radius 1 is 1.42 bits per heavy atom. The minimum absolute atomic E-state index is 0.0999. The number of amides is 1. The summed E-state index contributed by atoms with van der Waals surface area (Å²) in [5.74, 6) is 0.152. The number of sulfonamides is 1. The molecule has 0 unspecified atom stereocenters. The topological polar surface area (TPSA) is 101 Å². The molecule has 19 heavy (non-hydrogen) atoms. The standard InChI is InChI=1S/C11H17N3O3S2/c1-18-8-11(15)14-9-3-2-4-10(7-9)19(16,17)13-6-5-12/h2-4,7,13H,5-6,8,12H2,1H3,(H,14,15). The van der Waals surface area contributed by atoms with E-state index in [4.69, 9.17) is 5.73 Å². The Kier molecular flexibility index (Phi) is 6.29. The number of benzene rings is 1. The maximum absolute atomic E-state index is 11.9. The van der Waals surface area contributed by atoms with Crippen LogP contribution in [0.3, 0.4) is 0 Å². The summed E-state index contributed by atoms with van der Waals surface area (Å²) in [6, 6.07) is 6.09. The van der Waals surface area contributed by atoms with Crippen LogP contribution in [0.4, 0.5) is 5.69 Å². The Hall–Kier alpha value is -1.09. The predicted molar refractivity (Wildman–Crippen MR) is 77.7 cm³/mol. The molecule has 0 saturated carbocycles. The molecule has 0 saturated heterocycles. The summed E-state index contributed by atoms with van der Waals surface area (Å²) in [6.07, 6.45) is 1.82. The zero-order valence-electron chi connectivity index (χ0n) is 10.5. The van der Waals surface area contributed by atoms with Crippen molar-refractivity contribution in [3.8, 4) is 0 Å². The van der Waals surface area contributed by atoms with Gasteiger partial charge in [-0.1, -0.05) is 6.07 Å². The molecule has 1 aromatic carbocycles. The van der Waals surface area contributed by atoms with E-state index in [1.165, 1.54) is 23.9 Å². The van der Waals surface area contributed by atoms with Crippen LogP contribution >= 0.6 is 11.8 Å². The first kappa shape index (κ1) is 16.0. The van der Waals surface area contributed by atoms with Gasteiger partial charge in [-0.3, -0.25) is 4.79 Å². The van der Waals surface area contributed by atoms with E-state index in [1.54, 1.807) is 12.1 Å². The second-order valence-corrected chi connectivity index (χ2v) is 6.33. The van der Waals surface area contributed by atoms with Crippen LogP contribution in [0.15, 0.2) is 29.2 Å². The monoisotopic (exact) mass is 303 g/mol. The summed E-state index contributed by atoms with van der Waals surface area (Å²) in [6.45, 7) is 0.398. The van der Waals surface area contributed by atoms with E-state index in [0.717, 1.165) is 0 Å². The smallest absolute Gasteiger partial charge is 0.240 e. The average Bonchev–Trinajstić information content (AvgIpc) is 2.37. The number of carbonyl (C=O) groups excluding carboxylic acids is 1. The zero-order valence-corrected chi connectivity index (χ0v) is 12.2. The molecule has 1 amide bonds. The molecule has 0 heterocycles. The molecule has 0 aromatic heterocycles. The number of rotatable bonds is 7. The quantitative estimate of drug-likeness (QED) is 0.669. The minimum Gasteiger partial charge on any atom is -0.329 e.